The summed E-state index contributed by atoms with van der Waals surface area (Å²) >= 11 is 0. The predicted octanol–water partition coefficient (Wildman–Crippen LogP) is 14.4. The van der Waals surface area contributed by atoms with E-state index in [-0.39, 0.29) is 12.0 Å². The number of hydrogen-bond acceptors (Lipinski definition) is 3. The Labute approximate surface area is 338 Å². The fraction of sp³-hybridized carbons (Fsp3) is 0.0909. The number of benzene rings is 7. The van der Waals surface area contributed by atoms with Gasteiger partial charge in [0.05, 0.1) is 11.5 Å². The van der Waals surface area contributed by atoms with Crippen LogP contribution in [0, 0.1) is 0 Å². The van der Waals surface area contributed by atoms with E-state index in [9.17, 15) is 0 Å². The van der Waals surface area contributed by atoms with Crippen LogP contribution >= 0.6 is 0 Å². The topological polar surface area (TPSA) is 19.6 Å². The maximum atomic E-state index is 6.54. The molecule has 12 rings (SSSR count). The number of para-hydroxylation sites is 2. The Morgan fingerprint density at radius 3 is 2.16 bits per heavy atom. The molecule has 3 heteroatoms. The second-order valence-electron chi connectivity index (χ2n) is 15.9. The highest BCUT2D eigenvalue weighted by Gasteiger charge is 2.47. The SMILES string of the molecule is C1=CC2c3cc(N(c4ccc5c(c4)C(C4=CCCC=C4)(c4ccccc4)c4ccccc4-5)c4ccc5c(c4)oc4ccccc45)ccc3N(c3ccccc3)C2C=C1. The molecule has 0 bridgehead atoms. The Morgan fingerprint density at radius 2 is 1.28 bits per heavy atom. The fourth-order valence-corrected chi connectivity index (χ4v) is 10.4. The van der Waals surface area contributed by atoms with E-state index in [2.05, 4.69) is 210 Å². The number of nitrogens with zero attached hydrogens (tertiary/aromatic N) is 2. The van der Waals surface area contributed by atoms with Crippen LogP contribution in [0.15, 0.2) is 216 Å². The maximum absolute atomic E-state index is 6.54. The average Bonchev–Trinajstić information content (AvgIpc) is 3.93. The van der Waals surface area contributed by atoms with Crippen molar-refractivity contribution in [3.63, 3.8) is 0 Å². The number of hydrogen-bond donors (Lipinski definition) is 0. The zero-order chi connectivity index (χ0) is 38.2. The zero-order valence-electron chi connectivity index (χ0n) is 32.0. The maximum Gasteiger partial charge on any atom is 0.137 e. The summed E-state index contributed by atoms with van der Waals surface area (Å²) in [5.41, 5.74) is 16.2. The van der Waals surface area contributed by atoms with Gasteiger partial charge in [-0.2, -0.15) is 0 Å². The Hall–Kier alpha value is -7.10. The molecule has 0 amide bonds. The minimum absolute atomic E-state index is 0.208. The third kappa shape index (κ3) is 4.80. The summed E-state index contributed by atoms with van der Waals surface area (Å²) < 4.78 is 6.54. The number of fused-ring (bicyclic) bond motifs is 9. The Bertz CT molecular complexity index is 3040. The fourth-order valence-electron chi connectivity index (χ4n) is 10.4. The van der Waals surface area contributed by atoms with E-state index in [1.54, 1.807) is 0 Å². The minimum Gasteiger partial charge on any atom is -0.456 e. The molecule has 8 aromatic rings. The van der Waals surface area contributed by atoms with Gasteiger partial charge in [-0.1, -0.05) is 140 Å². The molecule has 4 aliphatic rings. The first kappa shape index (κ1) is 33.1. The molecule has 1 aromatic heterocycles. The van der Waals surface area contributed by atoms with E-state index in [0.29, 0.717) is 0 Å². The quantitative estimate of drug-likeness (QED) is 0.169. The van der Waals surface area contributed by atoms with Crippen LogP contribution < -0.4 is 9.80 Å². The highest BCUT2D eigenvalue weighted by atomic mass is 16.3. The lowest BCUT2D eigenvalue weighted by molar-refractivity contribution is 0.669. The summed E-state index contributed by atoms with van der Waals surface area (Å²) in [4.78, 5) is 4.94. The van der Waals surface area contributed by atoms with Crippen LogP contribution in [0.2, 0.25) is 0 Å². The van der Waals surface area contributed by atoms with Crippen molar-refractivity contribution < 1.29 is 4.42 Å². The lowest BCUT2D eigenvalue weighted by Gasteiger charge is -2.36. The summed E-state index contributed by atoms with van der Waals surface area (Å²) in [6, 6.07) is 60.5. The van der Waals surface area contributed by atoms with Crippen LogP contribution in [-0.4, -0.2) is 6.04 Å². The molecular weight excluding hydrogens is 705 g/mol. The third-order valence-corrected chi connectivity index (χ3v) is 12.9. The largest absolute Gasteiger partial charge is 0.456 e. The number of allylic oxidation sites excluding steroid dienone is 6. The van der Waals surface area contributed by atoms with Gasteiger partial charge in [-0.3, -0.25) is 0 Å². The lowest BCUT2D eigenvalue weighted by Crippen LogP contribution is -2.29. The lowest BCUT2D eigenvalue weighted by atomic mass is 9.66. The Kier molecular flexibility index (Phi) is 7.40. The second kappa shape index (κ2) is 13.0. The number of furan rings is 1. The van der Waals surface area contributed by atoms with E-state index in [1.165, 1.54) is 50.3 Å². The smallest absolute Gasteiger partial charge is 0.137 e. The molecule has 3 aliphatic carbocycles. The molecule has 0 N–H and O–H groups in total. The highest BCUT2D eigenvalue weighted by Crippen LogP contribution is 2.58. The predicted molar refractivity (Wildman–Crippen MR) is 240 cm³/mol. The molecule has 0 spiro atoms. The molecule has 1 aliphatic heterocycles. The van der Waals surface area contributed by atoms with Crippen molar-refractivity contribution in [2.75, 3.05) is 9.80 Å². The van der Waals surface area contributed by atoms with Crippen LogP contribution in [0.1, 0.15) is 41.0 Å². The molecule has 0 saturated carbocycles. The van der Waals surface area contributed by atoms with Crippen LogP contribution in [0.4, 0.5) is 28.4 Å². The first-order valence-electron chi connectivity index (χ1n) is 20.5. The summed E-state index contributed by atoms with van der Waals surface area (Å²) in [5, 5.41) is 2.26. The van der Waals surface area contributed by atoms with Crippen molar-refractivity contribution in [2.45, 2.75) is 30.2 Å². The molecule has 276 valence electrons. The average molecular weight is 745 g/mol. The van der Waals surface area contributed by atoms with Gasteiger partial charge in [0.15, 0.2) is 0 Å². The van der Waals surface area contributed by atoms with Gasteiger partial charge in [-0.25, -0.2) is 0 Å². The molecule has 3 atom stereocenters. The van der Waals surface area contributed by atoms with E-state index in [0.717, 1.165) is 51.8 Å². The molecule has 0 saturated heterocycles. The van der Waals surface area contributed by atoms with Crippen molar-refractivity contribution in [3.8, 4) is 11.1 Å². The zero-order valence-corrected chi connectivity index (χ0v) is 32.0. The van der Waals surface area contributed by atoms with Crippen molar-refractivity contribution in [3.05, 3.63) is 234 Å². The standard InChI is InChI=1S/C55H40N2O/c1-4-16-37(17-5-1)55(38-18-6-2-7-19-38)49-25-13-10-22-43(49)44-31-28-41(35-50(44)55)56(42-29-32-47-46-24-12-15-27-53(46)58-54(47)36-42)40-30-33-52-48(34-40)45-23-11-14-26-51(45)57(52)39-20-8-3-9-21-39/h1,3-6,8-36,45,51H,2,7H2. The molecule has 3 nitrogen and oxygen atoms in total. The van der Waals surface area contributed by atoms with Crippen LogP contribution in [0.5, 0.6) is 0 Å². The summed E-state index contributed by atoms with van der Waals surface area (Å²) in [6.45, 7) is 0. The molecule has 0 fully saturated rings. The van der Waals surface area contributed by atoms with E-state index < -0.39 is 5.41 Å². The third-order valence-electron chi connectivity index (χ3n) is 12.9. The minimum atomic E-state index is -0.463. The first-order valence-corrected chi connectivity index (χ1v) is 20.5. The Morgan fingerprint density at radius 1 is 0.569 bits per heavy atom. The van der Waals surface area contributed by atoms with E-state index in [4.69, 9.17) is 4.42 Å². The first-order chi connectivity index (χ1) is 28.8. The van der Waals surface area contributed by atoms with Crippen molar-refractivity contribution in [2.24, 2.45) is 0 Å². The van der Waals surface area contributed by atoms with Gasteiger partial charge >= 0.3 is 0 Å². The molecular formula is C55H40N2O. The van der Waals surface area contributed by atoms with Gasteiger partial charge < -0.3 is 14.2 Å². The number of rotatable bonds is 6. The van der Waals surface area contributed by atoms with Gasteiger partial charge in [0.25, 0.3) is 0 Å². The molecule has 7 aromatic carbocycles. The summed E-state index contributed by atoms with van der Waals surface area (Å²) in [5.74, 6) is 0.227. The monoisotopic (exact) mass is 744 g/mol. The van der Waals surface area contributed by atoms with Gasteiger partial charge in [-0.05, 0) is 112 Å². The number of anilines is 5. The van der Waals surface area contributed by atoms with Crippen molar-refractivity contribution in [1.29, 1.82) is 0 Å². The van der Waals surface area contributed by atoms with Crippen LogP contribution in [0.3, 0.4) is 0 Å². The van der Waals surface area contributed by atoms with E-state index in [1.807, 2.05) is 6.07 Å². The van der Waals surface area contributed by atoms with Gasteiger partial charge in [0.1, 0.15) is 11.2 Å². The van der Waals surface area contributed by atoms with E-state index >= 15 is 0 Å². The molecule has 3 unspecified atom stereocenters. The normalized spacial score (nSPS) is 19.9. The highest BCUT2D eigenvalue weighted by molar-refractivity contribution is 6.06. The van der Waals surface area contributed by atoms with Crippen molar-refractivity contribution >= 4 is 50.4 Å². The second-order valence-corrected chi connectivity index (χ2v) is 15.9. The van der Waals surface area contributed by atoms with Crippen LogP contribution in [-0.2, 0) is 5.41 Å². The Balaban J connectivity index is 1.10. The van der Waals surface area contributed by atoms with Crippen LogP contribution in [0.25, 0.3) is 33.1 Å². The summed E-state index contributed by atoms with van der Waals surface area (Å²) in [6.07, 6.45) is 18.4. The molecule has 2 heterocycles. The summed E-state index contributed by atoms with van der Waals surface area (Å²) in [7, 11) is 0. The van der Waals surface area contributed by atoms with Gasteiger partial charge in [-0.15, -0.1) is 0 Å². The van der Waals surface area contributed by atoms with Gasteiger partial charge in [0.2, 0.25) is 0 Å². The molecule has 58 heavy (non-hydrogen) atoms. The molecule has 0 radical (unpaired) electrons. The van der Waals surface area contributed by atoms with Gasteiger partial charge in [0, 0.05) is 51.2 Å². The van der Waals surface area contributed by atoms with Crippen molar-refractivity contribution in [1.82, 2.24) is 0 Å².